The van der Waals surface area contributed by atoms with Gasteiger partial charge in [0.25, 0.3) is 5.69 Å². The van der Waals surface area contributed by atoms with Crippen LogP contribution in [0.2, 0.25) is 0 Å². The highest BCUT2D eigenvalue weighted by Gasteiger charge is 2.21. The molecule has 0 aliphatic heterocycles. The SMILES string of the molecule is COC(=O)c1ccc(-c2nc3ccccc3[nH]2)c([N+](=O)[O-])c1. The predicted molar refractivity (Wildman–Crippen MR) is 79.5 cm³/mol. The summed E-state index contributed by atoms with van der Waals surface area (Å²) in [6.45, 7) is 0. The van der Waals surface area contributed by atoms with Gasteiger partial charge in [0.2, 0.25) is 0 Å². The van der Waals surface area contributed by atoms with Crippen LogP contribution in [-0.2, 0) is 4.74 Å². The minimum atomic E-state index is -0.626. The molecule has 110 valence electrons. The molecule has 3 rings (SSSR count). The first-order chi connectivity index (χ1) is 10.6. The van der Waals surface area contributed by atoms with E-state index in [2.05, 4.69) is 14.7 Å². The number of nitro groups is 1. The number of hydrogen-bond acceptors (Lipinski definition) is 5. The Morgan fingerprint density at radius 2 is 2.05 bits per heavy atom. The van der Waals surface area contributed by atoms with Crippen LogP contribution in [0.15, 0.2) is 42.5 Å². The van der Waals surface area contributed by atoms with Crippen molar-refractivity contribution >= 4 is 22.7 Å². The summed E-state index contributed by atoms with van der Waals surface area (Å²) in [7, 11) is 1.22. The number of nitro benzene ring substituents is 1. The third kappa shape index (κ3) is 2.28. The van der Waals surface area contributed by atoms with Crippen LogP contribution in [-0.4, -0.2) is 28.0 Å². The van der Waals surface area contributed by atoms with Gasteiger partial charge in [-0.3, -0.25) is 10.1 Å². The first-order valence-electron chi connectivity index (χ1n) is 6.42. The van der Waals surface area contributed by atoms with Crippen molar-refractivity contribution in [3.8, 4) is 11.4 Å². The van der Waals surface area contributed by atoms with Crippen LogP contribution in [0.1, 0.15) is 10.4 Å². The molecule has 1 N–H and O–H groups in total. The molecule has 0 aliphatic rings. The Morgan fingerprint density at radius 1 is 1.27 bits per heavy atom. The molecule has 0 aliphatic carbocycles. The average Bonchev–Trinajstić information content (AvgIpc) is 2.97. The highest BCUT2D eigenvalue weighted by Crippen LogP contribution is 2.30. The Balaban J connectivity index is 2.17. The molecule has 3 aromatic rings. The molecule has 0 amide bonds. The van der Waals surface area contributed by atoms with Crippen molar-refractivity contribution < 1.29 is 14.5 Å². The Morgan fingerprint density at radius 3 is 2.73 bits per heavy atom. The zero-order valence-electron chi connectivity index (χ0n) is 11.6. The maximum atomic E-state index is 11.5. The normalized spacial score (nSPS) is 10.6. The first kappa shape index (κ1) is 13.7. The number of H-pyrrole nitrogens is 1. The number of para-hydroxylation sites is 2. The van der Waals surface area contributed by atoms with Gasteiger partial charge in [-0.15, -0.1) is 0 Å². The molecule has 1 aromatic heterocycles. The number of nitrogens with one attached hydrogen (secondary N) is 1. The van der Waals surface area contributed by atoms with Crippen molar-refractivity contribution in [1.29, 1.82) is 0 Å². The molecule has 0 radical (unpaired) electrons. The number of nitrogens with zero attached hydrogens (tertiary/aromatic N) is 2. The Hall–Kier alpha value is -3.22. The lowest BCUT2D eigenvalue weighted by atomic mass is 10.1. The van der Waals surface area contributed by atoms with E-state index in [-0.39, 0.29) is 11.3 Å². The Bertz CT molecular complexity index is 852. The zero-order chi connectivity index (χ0) is 15.7. The number of fused-ring (bicyclic) bond motifs is 1. The monoisotopic (exact) mass is 297 g/mol. The maximum Gasteiger partial charge on any atom is 0.338 e. The van der Waals surface area contributed by atoms with E-state index in [1.165, 1.54) is 25.3 Å². The van der Waals surface area contributed by atoms with E-state index in [0.29, 0.717) is 16.9 Å². The number of benzene rings is 2. The van der Waals surface area contributed by atoms with Gasteiger partial charge in [-0.1, -0.05) is 12.1 Å². The largest absolute Gasteiger partial charge is 0.465 e. The van der Waals surface area contributed by atoms with Crippen LogP contribution < -0.4 is 0 Å². The van der Waals surface area contributed by atoms with E-state index >= 15 is 0 Å². The number of rotatable bonds is 3. The molecule has 2 aromatic carbocycles. The van der Waals surface area contributed by atoms with Gasteiger partial charge < -0.3 is 9.72 Å². The zero-order valence-corrected chi connectivity index (χ0v) is 11.6. The van der Waals surface area contributed by atoms with Crippen LogP contribution in [0.5, 0.6) is 0 Å². The van der Waals surface area contributed by atoms with Crippen molar-refractivity contribution in [2.45, 2.75) is 0 Å². The highest BCUT2D eigenvalue weighted by molar-refractivity contribution is 5.92. The van der Waals surface area contributed by atoms with Crippen LogP contribution >= 0.6 is 0 Å². The third-order valence-corrected chi connectivity index (χ3v) is 3.26. The lowest BCUT2D eigenvalue weighted by molar-refractivity contribution is -0.384. The van der Waals surface area contributed by atoms with Gasteiger partial charge in [0.15, 0.2) is 0 Å². The summed E-state index contributed by atoms with van der Waals surface area (Å²) < 4.78 is 4.58. The standard InChI is InChI=1S/C15H11N3O4/c1-22-15(19)9-6-7-10(13(8-9)18(20)21)14-16-11-4-2-3-5-12(11)17-14/h2-8H,1H3,(H,16,17). The fourth-order valence-corrected chi connectivity index (χ4v) is 2.21. The van der Waals surface area contributed by atoms with E-state index in [1.54, 1.807) is 0 Å². The van der Waals surface area contributed by atoms with Crippen LogP contribution in [0.3, 0.4) is 0 Å². The molecule has 7 nitrogen and oxygen atoms in total. The van der Waals surface area contributed by atoms with E-state index in [1.807, 2.05) is 24.3 Å². The number of hydrogen-bond donors (Lipinski definition) is 1. The Labute approximate surface area is 124 Å². The van der Waals surface area contributed by atoms with Crippen molar-refractivity contribution in [3.05, 3.63) is 58.1 Å². The molecule has 1 heterocycles. The van der Waals surface area contributed by atoms with Crippen molar-refractivity contribution in [2.24, 2.45) is 0 Å². The van der Waals surface area contributed by atoms with Gasteiger partial charge in [-0.25, -0.2) is 9.78 Å². The second-order valence-electron chi connectivity index (χ2n) is 4.58. The molecule has 0 bridgehead atoms. The number of aromatic nitrogens is 2. The fraction of sp³-hybridized carbons (Fsp3) is 0.0667. The maximum absolute atomic E-state index is 11.5. The molecule has 7 heteroatoms. The lowest BCUT2D eigenvalue weighted by Gasteiger charge is -2.03. The van der Waals surface area contributed by atoms with Crippen LogP contribution in [0.25, 0.3) is 22.4 Å². The van der Waals surface area contributed by atoms with Crippen molar-refractivity contribution in [1.82, 2.24) is 9.97 Å². The van der Waals surface area contributed by atoms with E-state index < -0.39 is 10.9 Å². The minimum absolute atomic E-state index is 0.120. The number of carbonyl (C=O) groups excluding carboxylic acids is 1. The minimum Gasteiger partial charge on any atom is -0.465 e. The number of methoxy groups -OCH3 is 1. The lowest BCUT2D eigenvalue weighted by Crippen LogP contribution is -2.03. The van der Waals surface area contributed by atoms with Crippen LogP contribution in [0, 0.1) is 10.1 Å². The number of aromatic amines is 1. The van der Waals surface area contributed by atoms with Gasteiger partial charge in [0.1, 0.15) is 5.82 Å². The predicted octanol–water partition coefficient (Wildman–Crippen LogP) is 2.92. The number of ether oxygens (including phenoxy) is 1. The first-order valence-corrected chi connectivity index (χ1v) is 6.42. The van der Waals surface area contributed by atoms with E-state index in [4.69, 9.17) is 0 Å². The van der Waals surface area contributed by atoms with Crippen molar-refractivity contribution in [2.75, 3.05) is 7.11 Å². The van der Waals surface area contributed by atoms with Crippen LogP contribution in [0.4, 0.5) is 5.69 Å². The van der Waals surface area contributed by atoms with Gasteiger partial charge in [-0.05, 0) is 24.3 Å². The second kappa shape index (κ2) is 5.28. The molecule has 0 saturated carbocycles. The van der Waals surface area contributed by atoms with E-state index in [0.717, 1.165) is 5.52 Å². The van der Waals surface area contributed by atoms with Gasteiger partial charge in [-0.2, -0.15) is 0 Å². The van der Waals surface area contributed by atoms with E-state index in [9.17, 15) is 14.9 Å². The molecule has 0 saturated heterocycles. The second-order valence-corrected chi connectivity index (χ2v) is 4.58. The molecule has 0 fully saturated rings. The molecular formula is C15H11N3O4. The summed E-state index contributed by atoms with van der Waals surface area (Å²) in [4.78, 5) is 29.6. The summed E-state index contributed by atoms with van der Waals surface area (Å²) in [5.41, 5.74) is 1.72. The quantitative estimate of drug-likeness (QED) is 0.455. The summed E-state index contributed by atoms with van der Waals surface area (Å²) in [5.74, 6) is -0.247. The van der Waals surface area contributed by atoms with Crippen molar-refractivity contribution in [3.63, 3.8) is 0 Å². The third-order valence-electron chi connectivity index (χ3n) is 3.26. The molecule has 0 atom stereocenters. The smallest absolute Gasteiger partial charge is 0.338 e. The summed E-state index contributed by atoms with van der Waals surface area (Å²) >= 11 is 0. The summed E-state index contributed by atoms with van der Waals surface area (Å²) in [5, 5.41) is 11.3. The number of imidazole rings is 1. The van der Waals surface area contributed by atoms with Gasteiger partial charge in [0.05, 0.1) is 34.2 Å². The molecule has 22 heavy (non-hydrogen) atoms. The fourth-order valence-electron chi connectivity index (χ4n) is 2.21. The topological polar surface area (TPSA) is 98.1 Å². The number of esters is 1. The number of carbonyl (C=O) groups is 1. The highest BCUT2D eigenvalue weighted by atomic mass is 16.6. The summed E-state index contributed by atoms with van der Waals surface area (Å²) in [6, 6.07) is 11.5. The molecule has 0 spiro atoms. The van der Waals surface area contributed by atoms with Gasteiger partial charge >= 0.3 is 5.97 Å². The van der Waals surface area contributed by atoms with Gasteiger partial charge in [0, 0.05) is 6.07 Å². The summed E-state index contributed by atoms with van der Waals surface area (Å²) in [6.07, 6.45) is 0. The average molecular weight is 297 g/mol. The molecule has 0 unspecified atom stereocenters. The Kier molecular flexibility index (Phi) is 3.30. The molecular weight excluding hydrogens is 286 g/mol.